The largest absolute Gasteiger partial charge is 0.337 e. The van der Waals surface area contributed by atoms with E-state index in [2.05, 4.69) is 5.10 Å². The molecule has 2 aliphatic heterocycles. The van der Waals surface area contributed by atoms with Crippen LogP contribution in [0.4, 0.5) is 0 Å². The molecule has 0 N–H and O–H groups in total. The normalized spacial score (nSPS) is 20.9. The molecule has 0 bridgehead atoms. The first-order valence-corrected chi connectivity index (χ1v) is 14.4. The molecule has 0 spiro atoms. The van der Waals surface area contributed by atoms with Crippen molar-refractivity contribution < 1.29 is 21.6 Å². The maximum absolute atomic E-state index is 13.1. The number of nitrogens with zero attached hydrogens (tertiary/aromatic N) is 4. The third-order valence-electron chi connectivity index (χ3n) is 6.55. The molecular formula is C22H30N4O5S2. The van der Waals surface area contributed by atoms with Gasteiger partial charge in [0, 0.05) is 43.5 Å². The zero-order valence-corrected chi connectivity index (χ0v) is 20.8. The van der Waals surface area contributed by atoms with Crippen LogP contribution in [0.3, 0.4) is 0 Å². The zero-order chi connectivity index (χ0) is 24.0. The number of carbonyl (C=O) groups excluding carboxylic acids is 1. The second-order valence-corrected chi connectivity index (χ2v) is 13.1. The smallest absolute Gasteiger partial charge is 0.253 e. The lowest BCUT2D eigenvalue weighted by Gasteiger charge is -2.19. The molecule has 180 valence electrons. The van der Waals surface area contributed by atoms with Crippen molar-refractivity contribution in [3.63, 3.8) is 0 Å². The van der Waals surface area contributed by atoms with Crippen molar-refractivity contribution in [2.45, 2.75) is 50.6 Å². The average molecular weight is 495 g/mol. The van der Waals surface area contributed by atoms with Gasteiger partial charge < -0.3 is 4.90 Å². The standard InChI is InChI=1S/C22H30N4O5S2/c1-16-21(17(2)26(23-16)19-9-12-32(28,29)15-19)14-24(3)22(27)18-7-6-8-20(13-18)33(30,31)25-10-4-5-11-25/h6-8,13,19H,4-5,9-12,14-15H2,1-3H3/t19-/m1/s1. The minimum Gasteiger partial charge on any atom is -0.337 e. The Bertz CT molecular complexity index is 1280. The SMILES string of the molecule is Cc1nn([C@@H]2CCS(=O)(=O)C2)c(C)c1CN(C)C(=O)c1cccc(S(=O)(=O)N2CCCC2)c1. The molecule has 9 nitrogen and oxygen atoms in total. The van der Waals surface area contributed by atoms with Gasteiger partial charge in [0.15, 0.2) is 9.84 Å². The number of sulfone groups is 1. The summed E-state index contributed by atoms with van der Waals surface area (Å²) < 4.78 is 52.8. The molecule has 0 aliphatic carbocycles. The molecule has 2 aromatic rings. The van der Waals surface area contributed by atoms with Gasteiger partial charge in [-0.15, -0.1) is 0 Å². The van der Waals surface area contributed by atoms with Crippen LogP contribution in [0.2, 0.25) is 0 Å². The van der Waals surface area contributed by atoms with Gasteiger partial charge in [0.2, 0.25) is 10.0 Å². The van der Waals surface area contributed by atoms with Crippen molar-refractivity contribution in [1.29, 1.82) is 0 Å². The Balaban J connectivity index is 1.53. The summed E-state index contributed by atoms with van der Waals surface area (Å²) in [5.41, 5.74) is 2.78. The summed E-state index contributed by atoms with van der Waals surface area (Å²) in [5, 5.41) is 4.56. The van der Waals surface area contributed by atoms with Crippen molar-refractivity contribution in [3.05, 3.63) is 46.8 Å². The second kappa shape index (κ2) is 8.84. The third kappa shape index (κ3) is 4.71. The minimum atomic E-state index is -3.61. The van der Waals surface area contributed by atoms with E-state index in [9.17, 15) is 21.6 Å². The molecule has 11 heteroatoms. The van der Waals surface area contributed by atoms with E-state index >= 15 is 0 Å². The molecule has 1 atom stereocenters. The first kappa shape index (κ1) is 23.9. The van der Waals surface area contributed by atoms with E-state index in [-0.39, 0.29) is 28.4 Å². The van der Waals surface area contributed by atoms with Crippen LogP contribution < -0.4 is 0 Å². The lowest BCUT2D eigenvalue weighted by atomic mass is 10.1. The summed E-state index contributed by atoms with van der Waals surface area (Å²) >= 11 is 0. The molecule has 3 heterocycles. The molecule has 0 unspecified atom stereocenters. The van der Waals surface area contributed by atoms with Crippen LogP contribution in [0.1, 0.15) is 52.6 Å². The first-order valence-electron chi connectivity index (χ1n) is 11.1. The van der Waals surface area contributed by atoms with Crippen molar-refractivity contribution >= 4 is 25.8 Å². The number of aryl methyl sites for hydroxylation is 1. The predicted molar refractivity (Wildman–Crippen MR) is 124 cm³/mol. The molecule has 1 aromatic heterocycles. The monoisotopic (exact) mass is 494 g/mol. The second-order valence-electron chi connectivity index (χ2n) is 8.95. The molecular weight excluding hydrogens is 464 g/mol. The molecule has 1 amide bonds. The lowest BCUT2D eigenvalue weighted by Crippen LogP contribution is -2.29. The molecule has 0 saturated carbocycles. The number of benzene rings is 1. The van der Waals surface area contributed by atoms with E-state index in [0.29, 0.717) is 31.6 Å². The van der Waals surface area contributed by atoms with Crippen LogP contribution >= 0.6 is 0 Å². The highest BCUT2D eigenvalue weighted by atomic mass is 32.2. The highest BCUT2D eigenvalue weighted by Gasteiger charge is 2.32. The van der Waals surface area contributed by atoms with E-state index in [1.165, 1.54) is 21.3 Å². The molecule has 2 aliphatic rings. The third-order valence-corrected chi connectivity index (χ3v) is 10.2. The highest BCUT2D eigenvalue weighted by molar-refractivity contribution is 7.91. The number of amides is 1. The van der Waals surface area contributed by atoms with E-state index in [0.717, 1.165) is 29.8 Å². The quantitative estimate of drug-likeness (QED) is 0.607. The van der Waals surface area contributed by atoms with Crippen LogP contribution in [0.15, 0.2) is 29.2 Å². The van der Waals surface area contributed by atoms with Crippen LogP contribution in [0.25, 0.3) is 0 Å². The van der Waals surface area contributed by atoms with Gasteiger partial charge in [0.1, 0.15) is 0 Å². The summed E-state index contributed by atoms with van der Waals surface area (Å²) in [6.07, 6.45) is 2.23. The van der Waals surface area contributed by atoms with Gasteiger partial charge in [-0.25, -0.2) is 16.8 Å². The number of rotatable bonds is 6. The van der Waals surface area contributed by atoms with Crippen LogP contribution in [-0.2, 0) is 26.4 Å². The summed E-state index contributed by atoms with van der Waals surface area (Å²) in [6.45, 7) is 5.04. The number of hydrogen-bond donors (Lipinski definition) is 0. The summed E-state index contributed by atoms with van der Waals surface area (Å²) in [5.74, 6) is -0.0366. The maximum Gasteiger partial charge on any atom is 0.253 e. The molecule has 2 fully saturated rings. The minimum absolute atomic E-state index is 0.0848. The number of sulfonamides is 1. The van der Waals surface area contributed by atoms with Crippen LogP contribution in [-0.4, -0.2) is 73.4 Å². The van der Waals surface area contributed by atoms with Gasteiger partial charge >= 0.3 is 0 Å². The Morgan fingerprint density at radius 1 is 1.21 bits per heavy atom. The Kier molecular flexibility index (Phi) is 6.41. The van der Waals surface area contributed by atoms with Crippen LogP contribution in [0.5, 0.6) is 0 Å². The Morgan fingerprint density at radius 2 is 1.91 bits per heavy atom. The van der Waals surface area contributed by atoms with Crippen molar-refractivity contribution in [3.8, 4) is 0 Å². The Hall–Kier alpha value is -2.24. The molecule has 4 rings (SSSR count). The van der Waals surface area contributed by atoms with Crippen molar-refractivity contribution in [1.82, 2.24) is 19.0 Å². The van der Waals surface area contributed by atoms with Crippen molar-refractivity contribution in [2.24, 2.45) is 0 Å². The van der Waals surface area contributed by atoms with Gasteiger partial charge in [0.05, 0.1) is 28.1 Å². The highest BCUT2D eigenvalue weighted by Crippen LogP contribution is 2.28. The van der Waals surface area contributed by atoms with E-state index in [4.69, 9.17) is 0 Å². The van der Waals surface area contributed by atoms with Gasteiger partial charge in [0.25, 0.3) is 5.91 Å². The number of aromatic nitrogens is 2. The predicted octanol–water partition coefficient (Wildman–Crippen LogP) is 1.92. The van der Waals surface area contributed by atoms with Gasteiger partial charge in [-0.2, -0.15) is 9.40 Å². The van der Waals surface area contributed by atoms with Crippen LogP contribution in [0, 0.1) is 13.8 Å². The van der Waals surface area contributed by atoms with Crippen molar-refractivity contribution in [2.75, 3.05) is 31.6 Å². The molecule has 1 aromatic carbocycles. The Labute approximate surface area is 195 Å². The first-order chi connectivity index (χ1) is 15.5. The Morgan fingerprint density at radius 3 is 2.55 bits per heavy atom. The van der Waals surface area contributed by atoms with E-state index < -0.39 is 19.9 Å². The van der Waals surface area contributed by atoms with Gasteiger partial charge in [-0.3, -0.25) is 9.48 Å². The fourth-order valence-corrected chi connectivity index (χ4v) is 7.90. The number of hydrogen-bond acceptors (Lipinski definition) is 6. The molecule has 0 radical (unpaired) electrons. The number of carbonyl (C=O) groups is 1. The lowest BCUT2D eigenvalue weighted by molar-refractivity contribution is 0.0784. The van der Waals surface area contributed by atoms with E-state index in [1.807, 2.05) is 13.8 Å². The maximum atomic E-state index is 13.1. The molecule has 33 heavy (non-hydrogen) atoms. The van der Waals surface area contributed by atoms with Gasteiger partial charge in [-0.05, 0) is 51.3 Å². The molecule has 2 saturated heterocycles. The zero-order valence-electron chi connectivity index (χ0n) is 19.2. The fourth-order valence-electron chi connectivity index (χ4n) is 4.65. The summed E-state index contributed by atoms with van der Waals surface area (Å²) in [7, 11) is -4.98. The van der Waals surface area contributed by atoms with Gasteiger partial charge in [-0.1, -0.05) is 6.07 Å². The fraction of sp³-hybridized carbons (Fsp3) is 0.545. The average Bonchev–Trinajstić information content (AvgIpc) is 3.50. The topological polar surface area (TPSA) is 110 Å². The van der Waals surface area contributed by atoms with E-state index in [1.54, 1.807) is 23.9 Å². The summed E-state index contributed by atoms with van der Waals surface area (Å²) in [4.78, 5) is 14.8. The summed E-state index contributed by atoms with van der Waals surface area (Å²) in [6, 6.07) is 6.00.